The van der Waals surface area contributed by atoms with Crippen molar-refractivity contribution in [2.45, 2.75) is 45.4 Å². The van der Waals surface area contributed by atoms with Gasteiger partial charge in [0.25, 0.3) is 0 Å². The van der Waals surface area contributed by atoms with Crippen LogP contribution >= 0.6 is 0 Å². The molecule has 0 aliphatic heterocycles. The van der Waals surface area contributed by atoms with Crippen molar-refractivity contribution in [1.82, 2.24) is 0 Å². The third-order valence-corrected chi connectivity index (χ3v) is 10.3. The lowest BCUT2D eigenvalue weighted by Gasteiger charge is -2.74. The van der Waals surface area contributed by atoms with Crippen LogP contribution in [0.1, 0.15) is 51.2 Å². The lowest BCUT2D eigenvalue weighted by molar-refractivity contribution is -0.191. The molecule has 3 aromatic carbocycles. The average Bonchev–Trinajstić information content (AvgIpc) is 3.35. The summed E-state index contributed by atoms with van der Waals surface area (Å²) in [6.07, 6.45) is 4.02. The molecule has 30 heavy (non-hydrogen) atoms. The molecule has 4 aliphatic rings. The van der Waals surface area contributed by atoms with Gasteiger partial charge in [-0.05, 0) is 93.3 Å². The van der Waals surface area contributed by atoms with Crippen molar-refractivity contribution < 1.29 is 9.84 Å². The molecule has 7 rings (SSSR count). The van der Waals surface area contributed by atoms with Gasteiger partial charge in [0.15, 0.2) is 0 Å². The summed E-state index contributed by atoms with van der Waals surface area (Å²) in [5.74, 6) is 2.12. The number of phenols is 1. The number of hydrogen-bond donors (Lipinski definition) is 1. The lowest BCUT2D eigenvalue weighted by Crippen LogP contribution is -2.72. The zero-order valence-corrected chi connectivity index (χ0v) is 18.2. The van der Waals surface area contributed by atoms with Crippen LogP contribution in [0.3, 0.4) is 0 Å². The molecule has 0 heterocycles. The molecule has 2 heteroatoms. The fourth-order valence-corrected chi connectivity index (χ4v) is 9.52. The Morgan fingerprint density at radius 2 is 1.77 bits per heavy atom. The Balaban J connectivity index is 1.67. The molecule has 0 saturated heterocycles. The van der Waals surface area contributed by atoms with Crippen LogP contribution in [0.15, 0.2) is 48.5 Å². The van der Waals surface area contributed by atoms with E-state index in [1.54, 1.807) is 7.11 Å². The molecule has 4 atom stereocenters. The Bertz CT molecular complexity index is 1290. The van der Waals surface area contributed by atoms with E-state index in [2.05, 4.69) is 57.2 Å². The van der Waals surface area contributed by atoms with E-state index in [0.29, 0.717) is 11.2 Å². The van der Waals surface area contributed by atoms with Gasteiger partial charge in [0.05, 0.1) is 7.11 Å². The van der Waals surface area contributed by atoms with Gasteiger partial charge in [-0.2, -0.15) is 0 Å². The summed E-state index contributed by atoms with van der Waals surface area (Å²) in [6.45, 7) is 7.58. The smallest absolute Gasteiger partial charge is 0.123 e. The maximum Gasteiger partial charge on any atom is 0.123 e. The first kappa shape index (κ1) is 17.2. The number of rotatable bonds is 1. The topological polar surface area (TPSA) is 29.5 Å². The second-order valence-electron chi connectivity index (χ2n) is 10.9. The van der Waals surface area contributed by atoms with Crippen LogP contribution < -0.4 is 4.74 Å². The summed E-state index contributed by atoms with van der Waals surface area (Å²) >= 11 is 0. The molecule has 0 amide bonds. The highest BCUT2D eigenvalue weighted by atomic mass is 16.5. The van der Waals surface area contributed by atoms with Crippen LogP contribution in [0.2, 0.25) is 0 Å². The van der Waals surface area contributed by atoms with Gasteiger partial charge in [-0.15, -0.1) is 0 Å². The summed E-state index contributed by atoms with van der Waals surface area (Å²) in [5.41, 5.74) is 6.28. The Kier molecular flexibility index (Phi) is 2.71. The highest BCUT2D eigenvalue weighted by molar-refractivity contribution is 6.06. The number of benzene rings is 3. The molecular formula is C28H28O2. The highest BCUT2D eigenvalue weighted by Crippen LogP contribution is 2.96. The van der Waals surface area contributed by atoms with E-state index in [4.69, 9.17) is 4.74 Å². The van der Waals surface area contributed by atoms with Crippen LogP contribution in [0.5, 0.6) is 11.5 Å². The van der Waals surface area contributed by atoms with Crippen LogP contribution in [0.4, 0.5) is 0 Å². The molecule has 4 aliphatic carbocycles. The van der Waals surface area contributed by atoms with Crippen molar-refractivity contribution in [3.63, 3.8) is 0 Å². The SMILES string of the molecule is COc1ccc2c(O)cc3c(c2c1)-c1ccccc1C31C(C)(C)C23CC2CCC13C. The number of ether oxygens (including phenoxy) is 1. The average molecular weight is 397 g/mol. The molecule has 152 valence electrons. The molecule has 2 spiro atoms. The van der Waals surface area contributed by atoms with E-state index in [1.807, 2.05) is 12.1 Å². The molecule has 0 radical (unpaired) electrons. The predicted octanol–water partition coefficient (Wildman–Crippen LogP) is 6.67. The second-order valence-corrected chi connectivity index (χ2v) is 10.9. The van der Waals surface area contributed by atoms with Gasteiger partial charge in [0, 0.05) is 10.8 Å². The minimum atomic E-state index is -0.0497. The summed E-state index contributed by atoms with van der Waals surface area (Å²) in [7, 11) is 1.71. The van der Waals surface area contributed by atoms with Gasteiger partial charge in [-0.25, -0.2) is 0 Å². The van der Waals surface area contributed by atoms with Crippen molar-refractivity contribution in [2.24, 2.45) is 22.2 Å². The van der Waals surface area contributed by atoms with Crippen LogP contribution in [0.25, 0.3) is 21.9 Å². The Morgan fingerprint density at radius 1 is 0.967 bits per heavy atom. The number of methoxy groups -OCH3 is 1. The van der Waals surface area contributed by atoms with E-state index in [1.165, 1.54) is 41.5 Å². The summed E-state index contributed by atoms with van der Waals surface area (Å²) in [4.78, 5) is 0. The first-order valence-electron chi connectivity index (χ1n) is 11.3. The monoisotopic (exact) mass is 396 g/mol. The number of hydrogen-bond acceptors (Lipinski definition) is 2. The molecule has 4 unspecified atom stereocenters. The van der Waals surface area contributed by atoms with E-state index >= 15 is 0 Å². The predicted molar refractivity (Wildman–Crippen MR) is 120 cm³/mol. The van der Waals surface area contributed by atoms with Crippen molar-refractivity contribution in [3.05, 3.63) is 59.7 Å². The van der Waals surface area contributed by atoms with Gasteiger partial charge in [0.1, 0.15) is 11.5 Å². The maximum absolute atomic E-state index is 11.2. The van der Waals surface area contributed by atoms with Gasteiger partial charge in [-0.1, -0.05) is 45.0 Å². The fraction of sp³-hybridized carbons (Fsp3) is 0.429. The third kappa shape index (κ3) is 1.35. The van der Waals surface area contributed by atoms with Crippen molar-refractivity contribution in [3.8, 4) is 22.6 Å². The maximum atomic E-state index is 11.2. The van der Waals surface area contributed by atoms with E-state index < -0.39 is 0 Å². The van der Waals surface area contributed by atoms with Gasteiger partial charge >= 0.3 is 0 Å². The van der Waals surface area contributed by atoms with Gasteiger partial charge in [0.2, 0.25) is 0 Å². The Hall–Kier alpha value is -2.48. The van der Waals surface area contributed by atoms with E-state index in [-0.39, 0.29) is 16.2 Å². The molecule has 3 fully saturated rings. The fourth-order valence-electron chi connectivity index (χ4n) is 9.52. The minimum Gasteiger partial charge on any atom is -0.507 e. The third-order valence-electron chi connectivity index (χ3n) is 10.3. The van der Waals surface area contributed by atoms with Gasteiger partial charge < -0.3 is 9.84 Å². The second kappa shape index (κ2) is 4.72. The zero-order valence-electron chi connectivity index (χ0n) is 18.2. The number of fused-ring (bicyclic) bond motifs is 8. The summed E-state index contributed by atoms with van der Waals surface area (Å²) in [5, 5.41) is 13.2. The number of phenolic OH excluding ortho intramolecular Hbond substituents is 1. The van der Waals surface area contributed by atoms with Gasteiger partial charge in [-0.3, -0.25) is 0 Å². The molecular weight excluding hydrogens is 368 g/mol. The van der Waals surface area contributed by atoms with Crippen LogP contribution in [-0.4, -0.2) is 12.2 Å². The largest absolute Gasteiger partial charge is 0.507 e. The van der Waals surface area contributed by atoms with Crippen molar-refractivity contribution >= 4 is 10.8 Å². The van der Waals surface area contributed by atoms with E-state index in [0.717, 1.165) is 22.4 Å². The normalized spacial score (nSPS) is 36.1. The zero-order chi connectivity index (χ0) is 20.7. The molecule has 3 aromatic rings. The molecule has 3 saturated carbocycles. The van der Waals surface area contributed by atoms with Crippen molar-refractivity contribution in [1.29, 1.82) is 0 Å². The molecule has 1 N–H and O–H groups in total. The van der Waals surface area contributed by atoms with Crippen LogP contribution in [-0.2, 0) is 5.41 Å². The first-order valence-corrected chi connectivity index (χ1v) is 11.3. The highest BCUT2D eigenvalue weighted by Gasteiger charge is 2.92. The Labute approximate surface area is 177 Å². The quantitative estimate of drug-likeness (QED) is 0.498. The lowest BCUT2D eigenvalue weighted by atomic mass is 9.28. The summed E-state index contributed by atoms with van der Waals surface area (Å²) in [6, 6.07) is 17.2. The molecule has 2 nitrogen and oxygen atoms in total. The Morgan fingerprint density at radius 3 is 2.53 bits per heavy atom. The first-order chi connectivity index (χ1) is 14.3. The number of aromatic hydroxyl groups is 1. The van der Waals surface area contributed by atoms with Crippen molar-refractivity contribution in [2.75, 3.05) is 7.11 Å². The summed E-state index contributed by atoms with van der Waals surface area (Å²) < 4.78 is 5.57. The minimum absolute atomic E-state index is 0.0497. The molecule has 0 bridgehead atoms. The molecule has 0 aromatic heterocycles. The van der Waals surface area contributed by atoms with E-state index in [9.17, 15) is 5.11 Å². The van der Waals surface area contributed by atoms with Crippen LogP contribution in [0, 0.1) is 22.2 Å². The standard InChI is InChI=1S/C28H28O2/c1-25(2)27-15-16(27)11-12-26(27,3)28(25)21-8-6-5-7-19(21)24-20-13-17(30-4)9-10-18(20)23(29)14-22(24)28/h5-10,13-14,16,29H,11-12,15H2,1-4H3.